The lowest BCUT2D eigenvalue weighted by Crippen LogP contribution is -2.54. The number of sulfonamides is 1. The third kappa shape index (κ3) is 9.06. The highest BCUT2D eigenvalue weighted by Crippen LogP contribution is 2.29. The van der Waals surface area contributed by atoms with Crippen molar-refractivity contribution in [3.63, 3.8) is 0 Å². The molecule has 3 aromatic carbocycles. The fourth-order valence-electron chi connectivity index (χ4n) is 5.44. The Hall–Kier alpha value is -2.98. The minimum atomic E-state index is -4.24. The first-order valence-electron chi connectivity index (χ1n) is 15.1. The molecule has 0 aromatic heterocycles. The number of amides is 2. The average molecular weight is 695 g/mol. The highest BCUT2D eigenvalue weighted by atomic mass is 35.5. The number of nitrogens with zero attached hydrogens (tertiary/aromatic N) is 2. The molecule has 242 valence electrons. The fourth-order valence-corrected chi connectivity index (χ4v) is 7.44. The van der Waals surface area contributed by atoms with Crippen LogP contribution in [0.2, 0.25) is 15.1 Å². The molecular weight excluding hydrogens is 657 g/mol. The van der Waals surface area contributed by atoms with Crippen molar-refractivity contribution in [1.82, 2.24) is 10.2 Å². The summed E-state index contributed by atoms with van der Waals surface area (Å²) in [5, 5.41) is 4.27. The second-order valence-electron chi connectivity index (χ2n) is 10.9. The third-order valence-electron chi connectivity index (χ3n) is 7.81. The molecule has 3 aromatic rings. The van der Waals surface area contributed by atoms with Crippen LogP contribution in [-0.4, -0.2) is 50.4 Å². The van der Waals surface area contributed by atoms with E-state index in [2.05, 4.69) is 5.32 Å². The summed E-state index contributed by atoms with van der Waals surface area (Å²) < 4.78 is 34.7. The molecule has 0 radical (unpaired) electrons. The Kier molecular flexibility index (Phi) is 12.4. The molecule has 2 amide bonds. The van der Waals surface area contributed by atoms with Gasteiger partial charge in [0.15, 0.2) is 0 Å². The summed E-state index contributed by atoms with van der Waals surface area (Å²) >= 11 is 18.7. The van der Waals surface area contributed by atoms with Crippen LogP contribution in [0, 0.1) is 0 Å². The molecule has 1 fully saturated rings. The first-order valence-corrected chi connectivity index (χ1v) is 17.7. The topological polar surface area (TPSA) is 96.0 Å². The SMILES string of the molecule is CCOc1ccc(N(CC(=O)N(Cc2ccc(Cl)cc2Cl)[C@H](CC)C(=O)NC2CCCCC2)S(=O)(=O)c2ccc(Cl)cc2)cc1. The lowest BCUT2D eigenvalue weighted by molar-refractivity contribution is -0.140. The zero-order valence-electron chi connectivity index (χ0n) is 25.3. The Bertz CT molecular complexity index is 1560. The zero-order valence-corrected chi connectivity index (χ0v) is 28.4. The normalized spacial score (nSPS) is 14.4. The molecule has 1 atom stereocenters. The van der Waals surface area contributed by atoms with Crippen molar-refractivity contribution in [2.45, 2.75) is 75.9 Å². The molecule has 1 N–H and O–H groups in total. The van der Waals surface area contributed by atoms with E-state index < -0.39 is 28.5 Å². The summed E-state index contributed by atoms with van der Waals surface area (Å²) in [4.78, 5) is 29.4. The Labute approximate surface area is 280 Å². The second-order valence-corrected chi connectivity index (χ2v) is 14.1. The molecule has 0 bridgehead atoms. The van der Waals surface area contributed by atoms with E-state index in [9.17, 15) is 18.0 Å². The van der Waals surface area contributed by atoms with E-state index in [1.165, 1.54) is 29.2 Å². The van der Waals surface area contributed by atoms with Gasteiger partial charge in [-0.25, -0.2) is 8.42 Å². The molecule has 4 rings (SSSR count). The summed E-state index contributed by atoms with van der Waals surface area (Å²) in [7, 11) is -4.24. The van der Waals surface area contributed by atoms with Gasteiger partial charge in [0.2, 0.25) is 11.8 Å². The van der Waals surface area contributed by atoms with Gasteiger partial charge in [-0.1, -0.05) is 67.1 Å². The second kappa shape index (κ2) is 16.0. The summed E-state index contributed by atoms with van der Waals surface area (Å²) in [6, 6.07) is 16.3. The standard InChI is InChI=1S/C33H38Cl3N3O5S/c1-3-31(33(41)37-26-8-6-5-7-9-26)38(21-23-10-11-25(35)20-30(23)36)32(40)22-39(27-14-16-28(17-15-27)44-4-2)45(42,43)29-18-12-24(34)13-19-29/h10-20,26,31H,3-9,21-22H2,1-2H3,(H,37,41)/t31-/m1/s1. The van der Waals surface area contributed by atoms with Gasteiger partial charge in [0.1, 0.15) is 18.3 Å². The maximum Gasteiger partial charge on any atom is 0.264 e. The maximum atomic E-state index is 14.3. The molecule has 0 spiro atoms. The van der Waals surface area contributed by atoms with E-state index in [4.69, 9.17) is 39.5 Å². The largest absolute Gasteiger partial charge is 0.494 e. The molecule has 0 aliphatic heterocycles. The molecule has 0 heterocycles. The summed E-state index contributed by atoms with van der Waals surface area (Å²) in [6.07, 6.45) is 5.26. The number of carbonyl (C=O) groups excluding carboxylic acids is 2. The first kappa shape index (κ1) is 34.9. The van der Waals surface area contributed by atoms with Crippen LogP contribution in [0.1, 0.15) is 57.9 Å². The van der Waals surface area contributed by atoms with Crippen molar-refractivity contribution in [2.24, 2.45) is 0 Å². The van der Waals surface area contributed by atoms with Gasteiger partial charge in [-0.3, -0.25) is 13.9 Å². The van der Waals surface area contributed by atoms with Crippen LogP contribution in [0.3, 0.4) is 0 Å². The van der Waals surface area contributed by atoms with E-state index >= 15 is 0 Å². The van der Waals surface area contributed by atoms with Crippen molar-refractivity contribution in [2.75, 3.05) is 17.5 Å². The number of hydrogen-bond donors (Lipinski definition) is 1. The van der Waals surface area contributed by atoms with Gasteiger partial charge in [0.05, 0.1) is 17.2 Å². The highest BCUT2D eigenvalue weighted by Gasteiger charge is 2.34. The van der Waals surface area contributed by atoms with Gasteiger partial charge in [0, 0.05) is 27.7 Å². The molecule has 1 aliphatic rings. The molecule has 1 aliphatic carbocycles. The van der Waals surface area contributed by atoms with Gasteiger partial charge in [0.25, 0.3) is 10.0 Å². The van der Waals surface area contributed by atoms with Crippen LogP contribution in [0.25, 0.3) is 0 Å². The molecule has 0 unspecified atom stereocenters. The minimum absolute atomic E-state index is 0.0243. The predicted molar refractivity (Wildman–Crippen MR) is 180 cm³/mol. The molecule has 12 heteroatoms. The van der Waals surface area contributed by atoms with Crippen LogP contribution in [0.5, 0.6) is 5.75 Å². The number of halogens is 3. The number of carbonyl (C=O) groups is 2. The van der Waals surface area contributed by atoms with Gasteiger partial charge >= 0.3 is 0 Å². The zero-order chi connectivity index (χ0) is 32.6. The van der Waals surface area contributed by atoms with Crippen LogP contribution in [0.15, 0.2) is 71.6 Å². The number of nitrogens with one attached hydrogen (secondary N) is 1. The quantitative estimate of drug-likeness (QED) is 0.200. The van der Waals surface area contributed by atoms with Crippen molar-refractivity contribution in [3.05, 3.63) is 87.4 Å². The van der Waals surface area contributed by atoms with Crippen molar-refractivity contribution in [1.29, 1.82) is 0 Å². The lowest BCUT2D eigenvalue weighted by Gasteiger charge is -2.34. The predicted octanol–water partition coefficient (Wildman–Crippen LogP) is 7.50. The number of anilines is 1. The van der Waals surface area contributed by atoms with Crippen LogP contribution < -0.4 is 14.4 Å². The van der Waals surface area contributed by atoms with E-state index in [0.717, 1.165) is 36.4 Å². The third-order valence-corrected chi connectivity index (χ3v) is 10.4. The van der Waals surface area contributed by atoms with Crippen molar-refractivity contribution in [3.8, 4) is 5.75 Å². The Balaban J connectivity index is 1.73. The number of ether oxygens (including phenoxy) is 1. The van der Waals surface area contributed by atoms with Gasteiger partial charge in [-0.05, 0) is 92.4 Å². The first-order chi connectivity index (χ1) is 21.5. The van der Waals surface area contributed by atoms with E-state index in [1.54, 1.807) is 42.5 Å². The Morgan fingerprint density at radius 2 is 1.56 bits per heavy atom. The van der Waals surface area contributed by atoms with Crippen LogP contribution in [-0.2, 0) is 26.2 Å². The maximum absolute atomic E-state index is 14.3. The summed E-state index contributed by atoms with van der Waals surface area (Å²) in [6.45, 7) is 3.51. The van der Waals surface area contributed by atoms with E-state index in [1.807, 2.05) is 13.8 Å². The number of hydrogen-bond acceptors (Lipinski definition) is 5. The summed E-state index contributed by atoms with van der Waals surface area (Å²) in [5.74, 6) is -0.296. The molecule has 0 saturated heterocycles. The van der Waals surface area contributed by atoms with E-state index in [0.29, 0.717) is 39.4 Å². The molecule has 1 saturated carbocycles. The smallest absolute Gasteiger partial charge is 0.264 e. The summed E-state index contributed by atoms with van der Waals surface area (Å²) in [5.41, 5.74) is 0.831. The van der Waals surface area contributed by atoms with Crippen molar-refractivity contribution >= 4 is 62.3 Å². The molecule has 45 heavy (non-hydrogen) atoms. The van der Waals surface area contributed by atoms with Gasteiger partial charge in [-0.2, -0.15) is 0 Å². The van der Waals surface area contributed by atoms with Gasteiger partial charge < -0.3 is 15.0 Å². The molecular formula is C33H38Cl3N3O5S. The monoisotopic (exact) mass is 693 g/mol. The minimum Gasteiger partial charge on any atom is -0.494 e. The molecule has 8 nitrogen and oxygen atoms in total. The average Bonchev–Trinajstić information content (AvgIpc) is 3.02. The lowest BCUT2D eigenvalue weighted by atomic mass is 9.95. The van der Waals surface area contributed by atoms with E-state index in [-0.39, 0.29) is 29.1 Å². The number of benzene rings is 3. The highest BCUT2D eigenvalue weighted by molar-refractivity contribution is 7.92. The van der Waals surface area contributed by atoms with Crippen LogP contribution in [0.4, 0.5) is 5.69 Å². The fraction of sp³-hybridized carbons (Fsp3) is 0.394. The van der Waals surface area contributed by atoms with Crippen molar-refractivity contribution < 1.29 is 22.7 Å². The number of rotatable bonds is 13. The van der Waals surface area contributed by atoms with Gasteiger partial charge in [-0.15, -0.1) is 0 Å². The Morgan fingerprint density at radius 3 is 2.16 bits per heavy atom. The Morgan fingerprint density at radius 1 is 0.911 bits per heavy atom. The van der Waals surface area contributed by atoms with Crippen LogP contribution >= 0.6 is 34.8 Å².